The van der Waals surface area contributed by atoms with Crippen LogP contribution in [0.1, 0.15) is 38.3 Å². The second-order valence-electron chi connectivity index (χ2n) is 9.18. The van der Waals surface area contributed by atoms with Gasteiger partial charge in [-0.15, -0.1) is 0 Å². The Hall–Kier alpha value is -2.83. The molecule has 0 spiro atoms. The van der Waals surface area contributed by atoms with Gasteiger partial charge in [-0.25, -0.2) is 19.3 Å². The molecular weight excluding hydrogens is 379 g/mol. The molecule has 6 nitrogen and oxygen atoms in total. The SMILES string of the molecule is C[C@H]1C2CCC(CC2)[C@@H]1Cc1nc(-c2[nH]nc3ncc(F)cc23)nc2c1ccn2C. The van der Waals surface area contributed by atoms with Gasteiger partial charge < -0.3 is 4.57 Å². The number of hydrogen-bond acceptors (Lipinski definition) is 4. The summed E-state index contributed by atoms with van der Waals surface area (Å²) in [5.74, 6) is 3.23. The number of rotatable bonds is 3. The molecule has 3 aliphatic rings. The maximum absolute atomic E-state index is 13.8. The summed E-state index contributed by atoms with van der Waals surface area (Å²) in [6.45, 7) is 2.43. The van der Waals surface area contributed by atoms with E-state index in [4.69, 9.17) is 9.97 Å². The molecular formula is C23H25FN6. The van der Waals surface area contributed by atoms with Gasteiger partial charge in [-0.3, -0.25) is 5.10 Å². The molecule has 4 aromatic heterocycles. The van der Waals surface area contributed by atoms with Crippen molar-refractivity contribution in [3.63, 3.8) is 0 Å². The smallest absolute Gasteiger partial charge is 0.181 e. The number of hydrogen-bond donors (Lipinski definition) is 1. The van der Waals surface area contributed by atoms with Crippen LogP contribution in [0.4, 0.5) is 4.39 Å². The second-order valence-corrected chi connectivity index (χ2v) is 9.18. The third-order valence-corrected chi connectivity index (χ3v) is 7.67. The number of fused-ring (bicyclic) bond motifs is 5. The number of aryl methyl sites for hydroxylation is 1. The van der Waals surface area contributed by atoms with Crippen LogP contribution in [0, 0.1) is 29.5 Å². The number of halogens is 1. The molecule has 7 heteroatoms. The Bertz CT molecular complexity index is 1250. The summed E-state index contributed by atoms with van der Waals surface area (Å²) in [7, 11) is 2.00. The Labute approximate surface area is 173 Å². The molecule has 3 fully saturated rings. The molecule has 0 radical (unpaired) electrons. The van der Waals surface area contributed by atoms with Crippen LogP contribution in [0.3, 0.4) is 0 Å². The first-order valence-corrected chi connectivity index (χ1v) is 10.9. The lowest BCUT2D eigenvalue weighted by molar-refractivity contribution is 0.0341. The van der Waals surface area contributed by atoms with Crippen molar-refractivity contribution in [3.8, 4) is 11.5 Å². The molecule has 4 aromatic rings. The lowest BCUT2D eigenvalue weighted by Crippen LogP contribution is -2.39. The van der Waals surface area contributed by atoms with E-state index in [0.717, 1.165) is 40.9 Å². The summed E-state index contributed by atoms with van der Waals surface area (Å²) < 4.78 is 15.9. The minimum atomic E-state index is -0.391. The Balaban J connectivity index is 1.48. The Morgan fingerprint density at radius 1 is 1.13 bits per heavy atom. The first kappa shape index (κ1) is 18.0. The largest absolute Gasteiger partial charge is 0.335 e. The third kappa shape index (κ3) is 2.67. The van der Waals surface area contributed by atoms with Crippen LogP contribution in [0.5, 0.6) is 0 Å². The Morgan fingerprint density at radius 3 is 2.73 bits per heavy atom. The quantitative estimate of drug-likeness (QED) is 0.539. The van der Waals surface area contributed by atoms with Crippen molar-refractivity contribution in [1.82, 2.24) is 29.7 Å². The van der Waals surface area contributed by atoms with Crippen molar-refractivity contribution in [2.24, 2.45) is 30.7 Å². The topological polar surface area (TPSA) is 72.3 Å². The summed E-state index contributed by atoms with van der Waals surface area (Å²) in [5.41, 5.74) is 3.09. The number of pyridine rings is 1. The van der Waals surface area contributed by atoms with Crippen molar-refractivity contribution in [2.75, 3.05) is 0 Å². The molecule has 0 aliphatic heterocycles. The van der Waals surface area contributed by atoms with Gasteiger partial charge in [0.15, 0.2) is 11.5 Å². The number of nitrogens with zero attached hydrogens (tertiary/aromatic N) is 5. The van der Waals surface area contributed by atoms with Crippen LogP contribution in [0.15, 0.2) is 24.5 Å². The van der Waals surface area contributed by atoms with Gasteiger partial charge >= 0.3 is 0 Å². The molecule has 4 heterocycles. The average molecular weight is 404 g/mol. The molecule has 30 heavy (non-hydrogen) atoms. The van der Waals surface area contributed by atoms with Crippen molar-refractivity contribution < 1.29 is 4.39 Å². The fourth-order valence-electron chi connectivity index (χ4n) is 5.96. The molecule has 0 saturated heterocycles. The highest BCUT2D eigenvalue weighted by atomic mass is 19.1. The average Bonchev–Trinajstić information content (AvgIpc) is 3.34. The molecule has 3 aliphatic carbocycles. The molecule has 1 N–H and O–H groups in total. The van der Waals surface area contributed by atoms with Crippen LogP contribution < -0.4 is 0 Å². The van der Waals surface area contributed by atoms with E-state index in [1.54, 1.807) is 0 Å². The molecule has 2 bridgehead atoms. The van der Waals surface area contributed by atoms with E-state index in [1.807, 2.05) is 17.8 Å². The lowest BCUT2D eigenvalue weighted by Gasteiger charge is -2.47. The molecule has 154 valence electrons. The molecule has 7 rings (SSSR count). The first-order valence-electron chi connectivity index (χ1n) is 10.9. The van der Waals surface area contributed by atoms with Crippen molar-refractivity contribution in [3.05, 3.63) is 36.0 Å². The summed E-state index contributed by atoms with van der Waals surface area (Å²) in [5, 5.41) is 8.94. The molecule has 0 aromatic carbocycles. The standard InChI is InChI=1S/C23H25FN6/c1-12-13-3-5-14(6-4-13)17(12)10-19-16-7-8-30(2)23(16)27-22(26-19)20-18-9-15(24)11-25-21(18)29-28-20/h7-9,11-14,17H,3-6,10H2,1-2H3,(H,25,28,29)/t12-,13?,14?,17+/m0/s1. The van der Waals surface area contributed by atoms with Gasteiger partial charge in [0.2, 0.25) is 0 Å². The fourth-order valence-corrected chi connectivity index (χ4v) is 5.96. The zero-order valence-corrected chi connectivity index (χ0v) is 17.3. The summed E-state index contributed by atoms with van der Waals surface area (Å²) in [4.78, 5) is 13.9. The van der Waals surface area contributed by atoms with Gasteiger partial charge in [0, 0.05) is 18.6 Å². The number of aromatic amines is 1. The summed E-state index contributed by atoms with van der Waals surface area (Å²) in [6.07, 6.45) is 9.66. The maximum atomic E-state index is 13.8. The third-order valence-electron chi connectivity index (χ3n) is 7.67. The van der Waals surface area contributed by atoms with Crippen LogP contribution in [-0.4, -0.2) is 29.7 Å². The fraction of sp³-hybridized carbons (Fsp3) is 0.478. The van der Waals surface area contributed by atoms with E-state index >= 15 is 0 Å². The molecule has 0 unspecified atom stereocenters. The zero-order chi connectivity index (χ0) is 20.4. The van der Waals surface area contributed by atoms with Crippen molar-refractivity contribution >= 4 is 22.1 Å². The summed E-state index contributed by atoms with van der Waals surface area (Å²) in [6, 6.07) is 3.56. The molecule has 3 saturated carbocycles. The van der Waals surface area contributed by atoms with Crippen molar-refractivity contribution in [2.45, 2.75) is 39.0 Å². The van der Waals surface area contributed by atoms with Gasteiger partial charge in [0.25, 0.3) is 0 Å². The Morgan fingerprint density at radius 2 is 1.93 bits per heavy atom. The number of nitrogens with one attached hydrogen (secondary N) is 1. The van der Waals surface area contributed by atoms with Gasteiger partial charge in [-0.2, -0.15) is 5.10 Å². The molecule has 0 amide bonds. The predicted molar refractivity (Wildman–Crippen MR) is 113 cm³/mol. The van der Waals surface area contributed by atoms with E-state index in [0.29, 0.717) is 28.5 Å². The predicted octanol–water partition coefficient (Wildman–Crippen LogP) is 4.66. The van der Waals surface area contributed by atoms with Gasteiger partial charge in [0.05, 0.1) is 17.3 Å². The highest BCUT2D eigenvalue weighted by Gasteiger charge is 2.41. The van der Waals surface area contributed by atoms with E-state index in [2.05, 4.69) is 28.2 Å². The van der Waals surface area contributed by atoms with E-state index in [1.165, 1.54) is 37.9 Å². The normalized spacial score (nSPS) is 26.1. The van der Waals surface area contributed by atoms with Crippen LogP contribution in [0.2, 0.25) is 0 Å². The van der Waals surface area contributed by atoms with Crippen LogP contribution >= 0.6 is 0 Å². The maximum Gasteiger partial charge on any atom is 0.181 e. The van der Waals surface area contributed by atoms with Gasteiger partial charge in [-0.1, -0.05) is 6.92 Å². The number of H-pyrrole nitrogens is 1. The first-order chi connectivity index (χ1) is 14.6. The highest BCUT2D eigenvalue weighted by molar-refractivity contribution is 5.90. The van der Waals surface area contributed by atoms with Crippen LogP contribution in [-0.2, 0) is 13.5 Å². The lowest BCUT2D eigenvalue weighted by atomic mass is 9.58. The zero-order valence-electron chi connectivity index (χ0n) is 17.3. The Kier molecular flexibility index (Phi) is 3.95. The monoisotopic (exact) mass is 404 g/mol. The second kappa shape index (κ2) is 6.59. The highest BCUT2D eigenvalue weighted by Crippen LogP contribution is 2.50. The number of aromatic nitrogens is 6. The van der Waals surface area contributed by atoms with Crippen molar-refractivity contribution in [1.29, 1.82) is 0 Å². The van der Waals surface area contributed by atoms with Gasteiger partial charge in [-0.05, 0) is 67.9 Å². The summed E-state index contributed by atoms with van der Waals surface area (Å²) >= 11 is 0. The van der Waals surface area contributed by atoms with Crippen LogP contribution in [0.25, 0.3) is 33.6 Å². The minimum Gasteiger partial charge on any atom is -0.335 e. The van der Waals surface area contributed by atoms with Gasteiger partial charge in [0.1, 0.15) is 17.2 Å². The van der Waals surface area contributed by atoms with E-state index < -0.39 is 5.82 Å². The minimum absolute atomic E-state index is 0.391. The van der Waals surface area contributed by atoms with E-state index in [-0.39, 0.29) is 0 Å². The van der Waals surface area contributed by atoms with E-state index in [9.17, 15) is 4.39 Å². The molecule has 2 atom stereocenters.